The predicted octanol–water partition coefficient (Wildman–Crippen LogP) is 5.43. The van der Waals surface area contributed by atoms with Crippen LogP contribution in [0.1, 0.15) is 11.1 Å². The smallest absolute Gasteiger partial charge is 0.417 e. The number of anilines is 3. The zero-order valence-electron chi connectivity index (χ0n) is 26.0. The van der Waals surface area contributed by atoms with Gasteiger partial charge in [-0.25, -0.2) is 14.5 Å². The van der Waals surface area contributed by atoms with Crippen molar-refractivity contribution in [3.05, 3.63) is 93.9 Å². The summed E-state index contributed by atoms with van der Waals surface area (Å²) in [6.45, 7) is 2.59. The quantitative estimate of drug-likeness (QED) is 0.185. The molecule has 1 aliphatic rings. The Morgan fingerprint density at radius 2 is 1.86 bits per heavy atom. The maximum Gasteiger partial charge on any atom is 0.417 e. The van der Waals surface area contributed by atoms with Gasteiger partial charge in [0.05, 0.1) is 44.4 Å². The van der Waals surface area contributed by atoms with Gasteiger partial charge < -0.3 is 33.6 Å². The number of fused-ring (bicyclic) bond motifs is 2. The lowest BCUT2D eigenvalue weighted by Gasteiger charge is -2.28. The van der Waals surface area contributed by atoms with Crippen LogP contribution in [0.2, 0.25) is 5.02 Å². The van der Waals surface area contributed by atoms with Gasteiger partial charge in [0.25, 0.3) is 5.56 Å². The van der Waals surface area contributed by atoms with Gasteiger partial charge in [-0.05, 0) is 11.6 Å². The molecule has 1 aliphatic heterocycles. The van der Waals surface area contributed by atoms with Gasteiger partial charge in [0.15, 0.2) is 28.5 Å². The van der Waals surface area contributed by atoms with Crippen LogP contribution in [0.3, 0.4) is 0 Å². The highest BCUT2D eigenvalue weighted by Crippen LogP contribution is 2.38. The second-order valence-corrected chi connectivity index (χ2v) is 11.5. The van der Waals surface area contributed by atoms with Crippen LogP contribution in [-0.4, -0.2) is 66.6 Å². The molecule has 0 aliphatic carbocycles. The Kier molecular flexibility index (Phi) is 8.83. The molecular formula is C32H29ClF3N9O4. The minimum Gasteiger partial charge on any atom is -0.450 e. The third-order valence-electron chi connectivity index (χ3n) is 7.96. The normalized spacial score (nSPS) is 13.8. The van der Waals surface area contributed by atoms with Gasteiger partial charge in [0, 0.05) is 45.3 Å². The Bertz CT molecular complexity index is 2180. The van der Waals surface area contributed by atoms with Crippen molar-refractivity contribution in [2.45, 2.75) is 19.3 Å². The Labute approximate surface area is 281 Å². The number of benzene rings is 1. The second kappa shape index (κ2) is 13.4. The number of rotatable bonds is 10. The number of aryl methyl sites for hydroxylation is 1. The van der Waals surface area contributed by atoms with Crippen LogP contribution >= 0.6 is 11.6 Å². The lowest BCUT2D eigenvalue weighted by Crippen LogP contribution is -2.37. The van der Waals surface area contributed by atoms with E-state index in [4.69, 9.17) is 25.8 Å². The summed E-state index contributed by atoms with van der Waals surface area (Å²) in [5.74, 6) is 1.28. The van der Waals surface area contributed by atoms with E-state index in [-0.39, 0.29) is 47.8 Å². The van der Waals surface area contributed by atoms with Crippen molar-refractivity contribution < 1.29 is 27.4 Å². The average Bonchev–Trinajstić information content (AvgIpc) is 3.66. The van der Waals surface area contributed by atoms with Gasteiger partial charge in [-0.2, -0.15) is 23.3 Å². The molecule has 1 saturated heterocycles. The summed E-state index contributed by atoms with van der Waals surface area (Å²) in [5.41, 5.74) is -0.00690. The summed E-state index contributed by atoms with van der Waals surface area (Å²) >= 11 is 6.82. The van der Waals surface area contributed by atoms with Gasteiger partial charge in [0.1, 0.15) is 16.2 Å². The molecule has 1 aromatic carbocycles. The Morgan fingerprint density at radius 1 is 1.06 bits per heavy atom. The molecule has 0 bridgehead atoms. The Balaban J connectivity index is 1.16. The molecule has 6 aromatic rings. The molecule has 0 saturated carbocycles. The van der Waals surface area contributed by atoms with Gasteiger partial charge in [-0.15, -0.1) is 0 Å². The fourth-order valence-electron chi connectivity index (χ4n) is 5.49. The summed E-state index contributed by atoms with van der Waals surface area (Å²) in [4.78, 5) is 28.8. The predicted molar refractivity (Wildman–Crippen MR) is 175 cm³/mol. The number of alkyl halides is 3. The molecule has 6 heterocycles. The first-order valence-corrected chi connectivity index (χ1v) is 15.6. The van der Waals surface area contributed by atoms with Crippen molar-refractivity contribution in [1.29, 1.82) is 0 Å². The average molecular weight is 696 g/mol. The highest BCUT2D eigenvalue weighted by atomic mass is 35.5. The number of hydrogen-bond acceptors (Lipinski definition) is 10. The summed E-state index contributed by atoms with van der Waals surface area (Å²) in [6.07, 6.45) is 2.35. The SMILES string of the molecule is Cn1c(Nc2cc(C(F)(F)F)cn(CCOCc3ccccc3)c2=O)nc2ncc(Oc3cnn4ccnc(N5CCOCC5)c34)c(Cl)c21. The monoisotopic (exact) mass is 695 g/mol. The van der Waals surface area contributed by atoms with Crippen molar-refractivity contribution in [3.63, 3.8) is 0 Å². The number of nitrogens with one attached hydrogen (secondary N) is 1. The van der Waals surface area contributed by atoms with E-state index >= 15 is 0 Å². The minimum atomic E-state index is -4.71. The van der Waals surface area contributed by atoms with Gasteiger partial charge in [-0.1, -0.05) is 41.9 Å². The molecular weight excluding hydrogens is 667 g/mol. The van der Waals surface area contributed by atoms with Crippen molar-refractivity contribution in [3.8, 4) is 11.5 Å². The fraction of sp³-hybridized carbons (Fsp3) is 0.281. The molecule has 5 aromatic heterocycles. The number of aromatic nitrogens is 7. The lowest BCUT2D eigenvalue weighted by molar-refractivity contribution is -0.138. The van der Waals surface area contributed by atoms with E-state index in [1.807, 2.05) is 30.3 Å². The van der Waals surface area contributed by atoms with Crippen molar-refractivity contribution >= 4 is 45.7 Å². The Morgan fingerprint density at radius 3 is 2.63 bits per heavy atom. The molecule has 0 unspecified atom stereocenters. The van der Waals surface area contributed by atoms with E-state index in [1.165, 1.54) is 10.8 Å². The first-order valence-electron chi connectivity index (χ1n) is 15.2. The zero-order valence-corrected chi connectivity index (χ0v) is 26.8. The number of imidazole rings is 1. The van der Waals surface area contributed by atoms with E-state index in [0.717, 1.165) is 22.4 Å². The van der Waals surface area contributed by atoms with Gasteiger partial charge >= 0.3 is 6.18 Å². The third kappa shape index (κ3) is 6.62. The van der Waals surface area contributed by atoms with Crippen LogP contribution in [0.5, 0.6) is 11.5 Å². The standard InChI is InChI=1S/C32H29ClF3N9O4/c1-42-27-25(33)23(49-24-17-39-45-8-7-37-29(26(24)45)43-9-12-47-13-10-43)16-38-28(27)41-31(42)40-22-15-21(32(34,35)36)18-44(30(22)46)11-14-48-19-20-5-3-2-4-6-20/h2-8,15-18H,9-14,19H2,1H3,(H,38,40,41). The van der Waals surface area contributed by atoms with Crippen molar-refractivity contribution in [2.75, 3.05) is 43.1 Å². The molecule has 7 rings (SSSR count). The topological polar surface area (TPSA) is 126 Å². The number of pyridine rings is 2. The molecule has 13 nitrogen and oxygen atoms in total. The largest absolute Gasteiger partial charge is 0.450 e. The summed E-state index contributed by atoms with van der Waals surface area (Å²) in [7, 11) is 1.59. The lowest BCUT2D eigenvalue weighted by atomic mass is 10.2. The van der Waals surface area contributed by atoms with Crippen LogP contribution in [0, 0.1) is 0 Å². The molecule has 17 heteroatoms. The van der Waals surface area contributed by atoms with Crippen LogP contribution < -0.4 is 20.5 Å². The van der Waals surface area contributed by atoms with E-state index in [2.05, 4.69) is 30.3 Å². The first kappa shape index (κ1) is 32.4. The number of hydrogen-bond donors (Lipinski definition) is 1. The number of morpholine rings is 1. The molecule has 254 valence electrons. The molecule has 0 spiro atoms. The summed E-state index contributed by atoms with van der Waals surface area (Å²) < 4.78 is 63.1. The van der Waals surface area contributed by atoms with Gasteiger partial charge in [0.2, 0.25) is 5.95 Å². The summed E-state index contributed by atoms with van der Waals surface area (Å²) in [6, 6.07) is 10.1. The van der Waals surface area contributed by atoms with Crippen molar-refractivity contribution in [1.82, 2.24) is 33.7 Å². The van der Waals surface area contributed by atoms with Crippen molar-refractivity contribution in [2.24, 2.45) is 7.05 Å². The molecule has 0 radical (unpaired) electrons. The minimum absolute atomic E-state index is 0.0147. The van der Waals surface area contributed by atoms with Crippen LogP contribution in [0.25, 0.3) is 16.7 Å². The van der Waals surface area contributed by atoms with Gasteiger partial charge in [-0.3, -0.25) is 4.79 Å². The highest BCUT2D eigenvalue weighted by Gasteiger charge is 2.32. The number of nitrogens with zero attached hydrogens (tertiary/aromatic N) is 8. The zero-order chi connectivity index (χ0) is 34.1. The Hall–Kier alpha value is -5.19. The second-order valence-electron chi connectivity index (χ2n) is 11.2. The molecule has 1 fully saturated rings. The highest BCUT2D eigenvalue weighted by molar-refractivity contribution is 6.36. The molecule has 49 heavy (non-hydrogen) atoms. The molecule has 0 amide bonds. The number of ether oxygens (including phenoxy) is 3. The maximum atomic E-state index is 13.9. The van der Waals surface area contributed by atoms with E-state index < -0.39 is 17.3 Å². The number of halogens is 4. The summed E-state index contributed by atoms with van der Waals surface area (Å²) in [5, 5.41) is 7.29. The van der Waals surface area contributed by atoms with Crippen LogP contribution in [-0.2, 0) is 35.8 Å². The molecule has 1 N–H and O–H groups in total. The first-order chi connectivity index (χ1) is 23.7. The van der Waals surface area contributed by atoms with E-state index in [0.29, 0.717) is 48.9 Å². The third-order valence-corrected chi connectivity index (χ3v) is 8.33. The fourth-order valence-corrected chi connectivity index (χ4v) is 5.79. The maximum absolute atomic E-state index is 13.9. The van der Waals surface area contributed by atoms with Crippen LogP contribution in [0.4, 0.5) is 30.6 Å². The molecule has 0 atom stereocenters. The van der Waals surface area contributed by atoms with E-state index in [9.17, 15) is 18.0 Å². The van der Waals surface area contributed by atoms with E-state index in [1.54, 1.807) is 30.2 Å². The van der Waals surface area contributed by atoms with Crippen LogP contribution in [0.15, 0.2) is 72.2 Å².